The van der Waals surface area contributed by atoms with E-state index in [-0.39, 0.29) is 5.41 Å². The minimum absolute atomic E-state index is 0.0208. The summed E-state index contributed by atoms with van der Waals surface area (Å²) >= 11 is 0. The largest absolute Gasteiger partial charge is 0.519 e. The molecule has 0 rings (SSSR count). The molecule has 0 heterocycles. The monoisotopic (exact) mass is 218 g/mol. The molecule has 0 unspecified atom stereocenters. The molecule has 0 bridgehead atoms. The Kier molecular flexibility index (Phi) is 4.13. The second-order valence-electron chi connectivity index (χ2n) is 5.22. The van der Waals surface area contributed by atoms with Crippen molar-refractivity contribution >= 4 is 12.3 Å². The lowest BCUT2D eigenvalue weighted by atomic mass is 9.84. The summed E-state index contributed by atoms with van der Waals surface area (Å²) in [5.41, 5.74) is -0.766. The molecule has 0 spiro atoms. The topological polar surface area (TPSA) is 72.8 Å². The van der Waals surface area contributed by atoms with E-state index < -0.39 is 17.9 Å². The maximum absolute atomic E-state index is 10.9. The van der Waals surface area contributed by atoms with Crippen molar-refractivity contribution in [2.75, 3.05) is 0 Å². The van der Waals surface area contributed by atoms with Gasteiger partial charge in [-0.1, -0.05) is 20.8 Å². The Morgan fingerprint density at radius 3 is 1.93 bits per heavy atom. The molecule has 0 amide bonds. The van der Waals surface area contributed by atoms with Crippen LogP contribution in [-0.4, -0.2) is 23.0 Å². The molecule has 0 aromatic heterocycles. The van der Waals surface area contributed by atoms with Gasteiger partial charge in [0.1, 0.15) is 5.60 Å². The first-order chi connectivity index (χ1) is 6.52. The third-order valence-corrected chi connectivity index (χ3v) is 1.49. The van der Waals surface area contributed by atoms with Gasteiger partial charge in [0.2, 0.25) is 0 Å². The highest BCUT2D eigenvalue weighted by atomic mass is 16.8. The average molecular weight is 218 g/mol. The molecule has 0 fully saturated rings. The van der Waals surface area contributed by atoms with Gasteiger partial charge in [0.05, 0.1) is 0 Å². The number of rotatable bonds is 2. The third kappa shape index (κ3) is 7.78. The molecule has 0 aliphatic heterocycles. The Morgan fingerprint density at radius 2 is 1.60 bits per heavy atom. The summed E-state index contributed by atoms with van der Waals surface area (Å²) in [5.74, 6) is 0. The molecule has 88 valence electrons. The molecular formula is C10H18O5. The van der Waals surface area contributed by atoms with Gasteiger partial charge in [-0.2, -0.15) is 0 Å². The van der Waals surface area contributed by atoms with Crippen molar-refractivity contribution in [2.45, 2.75) is 46.6 Å². The zero-order valence-corrected chi connectivity index (χ0v) is 9.79. The van der Waals surface area contributed by atoms with Crippen LogP contribution in [0.4, 0.5) is 9.59 Å². The summed E-state index contributed by atoms with van der Waals surface area (Å²) in [4.78, 5) is 21.0. The van der Waals surface area contributed by atoms with Crippen LogP contribution < -0.4 is 0 Å². The van der Waals surface area contributed by atoms with E-state index in [1.165, 1.54) is 0 Å². The second kappa shape index (κ2) is 4.51. The SMILES string of the molecule is CC(C)(C)CC(C)(C)OC(=O)OC(=O)O. The molecule has 0 aromatic rings. The maximum Gasteiger partial charge on any atom is 0.519 e. The maximum atomic E-state index is 10.9. The first kappa shape index (κ1) is 13.7. The summed E-state index contributed by atoms with van der Waals surface area (Å²) in [6.45, 7) is 9.42. The Labute approximate surface area is 89.4 Å². The molecule has 0 aliphatic rings. The van der Waals surface area contributed by atoms with Crippen LogP contribution in [0.15, 0.2) is 0 Å². The summed E-state index contributed by atoms with van der Waals surface area (Å²) in [6, 6.07) is 0. The van der Waals surface area contributed by atoms with Crippen molar-refractivity contribution in [1.82, 2.24) is 0 Å². The van der Waals surface area contributed by atoms with Crippen LogP contribution in [0.3, 0.4) is 0 Å². The normalized spacial score (nSPS) is 12.1. The molecule has 0 atom stereocenters. The van der Waals surface area contributed by atoms with Gasteiger partial charge in [0.15, 0.2) is 0 Å². The Bertz CT molecular complexity index is 249. The van der Waals surface area contributed by atoms with Gasteiger partial charge in [0, 0.05) is 0 Å². The van der Waals surface area contributed by atoms with Crippen molar-refractivity contribution < 1.29 is 24.2 Å². The summed E-state index contributed by atoms with van der Waals surface area (Å²) in [6.07, 6.45) is -2.24. The zero-order chi connectivity index (χ0) is 12.3. The van der Waals surface area contributed by atoms with Crippen molar-refractivity contribution in [1.29, 1.82) is 0 Å². The van der Waals surface area contributed by atoms with Crippen LogP contribution >= 0.6 is 0 Å². The highest BCUT2D eigenvalue weighted by Gasteiger charge is 2.30. The number of ether oxygens (including phenoxy) is 2. The van der Waals surface area contributed by atoms with E-state index in [0.717, 1.165) is 0 Å². The smallest absolute Gasteiger partial charge is 0.449 e. The highest BCUT2D eigenvalue weighted by molar-refractivity contribution is 5.75. The van der Waals surface area contributed by atoms with Crippen molar-refractivity contribution in [3.63, 3.8) is 0 Å². The first-order valence-corrected chi connectivity index (χ1v) is 4.66. The Balaban J connectivity index is 4.25. The Hall–Kier alpha value is -1.26. The lowest BCUT2D eigenvalue weighted by Gasteiger charge is -2.31. The zero-order valence-electron chi connectivity index (χ0n) is 9.79. The lowest BCUT2D eigenvalue weighted by molar-refractivity contribution is -0.0272. The Morgan fingerprint density at radius 1 is 1.13 bits per heavy atom. The number of carboxylic acid groups (broad SMARTS) is 1. The summed E-state index contributed by atoms with van der Waals surface area (Å²) < 4.78 is 8.74. The fourth-order valence-corrected chi connectivity index (χ4v) is 1.63. The molecule has 1 N–H and O–H groups in total. The quantitative estimate of drug-likeness (QED) is 0.569. The van der Waals surface area contributed by atoms with Crippen LogP contribution in [-0.2, 0) is 9.47 Å². The molecule has 15 heavy (non-hydrogen) atoms. The molecular weight excluding hydrogens is 200 g/mol. The third-order valence-electron chi connectivity index (χ3n) is 1.49. The van der Waals surface area contributed by atoms with Gasteiger partial charge in [-0.15, -0.1) is 0 Å². The highest BCUT2D eigenvalue weighted by Crippen LogP contribution is 2.29. The standard InChI is InChI=1S/C10H18O5/c1-9(2,3)6-10(4,5)15-8(13)14-7(11)12/h6H2,1-5H3,(H,11,12). The molecule has 0 saturated carbocycles. The van der Waals surface area contributed by atoms with Crippen molar-refractivity contribution in [2.24, 2.45) is 5.41 Å². The van der Waals surface area contributed by atoms with Crippen LogP contribution in [0.25, 0.3) is 0 Å². The predicted molar refractivity (Wildman–Crippen MR) is 53.7 cm³/mol. The van der Waals surface area contributed by atoms with E-state index in [2.05, 4.69) is 4.74 Å². The first-order valence-electron chi connectivity index (χ1n) is 4.66. The molecule has 5 nitrogen and oxygen atoms in total. The number of carbonyl (C=O) groups excluding carboxylic acids is 1. The van der Waals surface area contributed by atoms with Gasteiger partial charge in [-0.3, -0.25) is 0 Å². The van der Waals surface area contributed by atoms with Crippen LogP contribution in [0.1, 0.15) is 41.0 Å². The van der Waals surface area contributed by atoms with Crippen LogP contribution in [0.5, 0.6) is 0 Å². The van der Waals surface area contributed by atoms with Crippen molar-refractivity contribution in [3.05, 3.63) is 0 Å². The fraction of sp³-hybridized carbons (Fsp3) is 0.800. The van der Waals surface area contributed by atoms with Gasteiger partial charge in [-0.05, 0) is 25.7 Å². The van der Waals surface area contributed by atoms with E-state index in [9.17, 15) is 9.59 Å². The molecule has 0 aromatic carbocycles. The lowest BCUT2D eigenvalue weighted by Crippen LogP contribution is -2.33. The van der Waals surface area contributed by atoms with E-state index in [1.807, 2.05) is 20.8 Å². The van der Waals surface area contributed by atoms with Gasteiger partial charge < -0.3 is 14.6 Å². The van der Waals surface area contributed by atoms with E-state index >= 15 is 0 Å². The second-order valence-corrected chi connectivity index (χ2v) is 5.22. The molecule has 0 radical (unpaired) electrons. The van der Waals surface area contributed by atoms with Gasteiger partial charge >= 0.3 is 12.3 Å². The number of hydrogen-bond donors (Lipinski definition) is 1. The molecule has 0 aliphatic carbocycles. The molecule has 5 heteroatoms. The summed E-state index contributed by atoms with van der Waals surface area (Å²) in [5, 5.41) is 8.19. The van der Waals surface area contributed by atoms with E-state index in [1.54, 1.807) is 13.8 Å². The van der Waals surface area contributed by atoms with Gasteiger partial charge in [0.25, 0.3) is 0 Å². The fourth-order valence-electron chi connectivity index (χ4n) is 1.63. The summed E-state index contributed by atoms with van der Waals surface area (Å²) in [7, 11) is 0. The number of carbonyl (C=O) groups is 2. The average Bonchev–Trinajstić information content (AvgIpc) is 1.73. The van der Waals surface area contributed by atoms with E-state index in [0.29, 0.717) is 6.42 Å². The van der Waals surface area contributed by atoms with Gasteiger partial charge in [-0.25, -0.2) is 9.59 Å². The predicted octanol–water partition coefficient (Wildman–Crippen LogP) is 3.03. The van der Waals surface area contributed by atoms with Crippen molar-refractivity contribution in [3.8, 4) is 0 Å². The number of hydrogen-bond acceptors (Lipinski definition) is 4. The minimum atomic E-state index is -1.66. The van der Waals surface area contributed by atoms with Crippen LogP contribution in [0.2, 0.25) is 0 Å². The van der Waals surface area contributed by atoms with E-state index in [4.69, 9.17) is 9.84 Å². The molecule has 0 saturated heterocycles. The minimum Gasteiger partial charge on any atom is -0.449 e. The van der Waals surface area contributed by atoms with Crippen LogP contribution in [0, 0.1) is 5.41 Å².